The lowest BCUT2D eigenvalue weighted by Crippen LogP contribution is -2.60. The van der Waals surface area contributed by atoms with Gasteiger partial charge in [0.1, 0.15) is 0 Å². The highest BCUT2D eigenvalue weighted by atomic mass is 15.3. The highest BCUT2D eigenvalue weighted by Gasteiger charge is 2.33. The maximum absolute atomic E-state index is 2.85. The number of hydrogen-bond acceptors (Lipinski definition) is 5. The smallest absolute Gasteiger partial charge is 0.0257 e. The molecule has 236 valence electrons. The van der Waals surface area contributed by atoms with Crippen LogP contribution in [0.3, 0.4) is 0 Å². The van der Waals surface area contributed by atoms with Gasteiger partial charge >= 0.3 is 0 Å². The normalized spacial score (nSPS) is 19.2. The molecule has 0 aliphatic carbocycles. The minimum absolute atomic E-state index is 0.503. The number of benzene rings is 3. The molecule has 0 radical (unpaired) electrons. The van der Waals surface area contributed by atoms with E-state index in [1.54, 1.807) is 0 Å². The molecule has 1 aliphatic rings. The van der Waals surface area contributed by atoms with E-state index < -0.39 is 0 Å². The van der Waals surface area contributed by atoms with Crippen LogP contribution in [0.25, 0.3) is 10.8 Å². The van der Waals surface area contributed by atoms with Crippen molar-refractivity contribution in [3.05, 3.63) is 82.9 Å². The second-order valence-corrected chi connectivity index (χ2v) is 13.9. The van der Waals surface area contributed by atoms with Crippen LogP contribution in [0.5, 0.6) is 0 Å². The monoisotopic (exact) mass is 585 g/mol. The van der Waals surface area contributed by atoms with Crippen molar-refractivity contribution in [3.8, 4) is 0 Å². The molecule has 3 atom stereocenters. The van der Waals surface area contributed by atoms with Crippen molar-refractivity contribution >= 4 is 10.8 Å². The van der Waals surface area contributed by atoms with Gasteiger partial charge in [-0.1, -0.05) is 66.2 Å². The maximum atomic E-state index is 2.85. The average Bonchev–Trinajstić information content (AvgIpc) is 2.97. The fourth-order valence-corrected chi connectivity index (χ4v) is 6.74. The van der Waals surface area contributed by atoms with Crippen LogP contribution in [-0.2, 0) is 12.8 Å². The molecule has 3 aromatic carbocycles. The van der Waals surface area contributed by atoms with Gasteiger partial charge in [0.2, 0.25) is 0 Å². The lowest BCUT2D eigenvalue weighted by atomic mass is 9.96. The molecular formula is C38H59N5. The minimum Gasteiger partial charge on any atom is -0.308 e. The van der Waals surface area contributed by atoms with Gasteiger partial charge in [-0.2, -0.15) is 0 Å². The van der Waals surface area contributed by atoms with Gasteiger partial charge in [-0.25, -0.2) is 0 Å². The summed E-state index contributed by atoms with van der Waals surface area (Å²) in [6.45, 7) is 14.9. The molecule has 1 aliphatic heterocycles. The van der Waals surface area contributed by atoms with Gasteiger partial charge in [0.05, 0.1) is 0 Å². The summed E-state index contributed by atoms with van der Waals surface area (Å²) in [5, 5.41) is 2.69. The van der Waals surface area contributed by atoms with Crippen LogP contribution in [0.15, 0.2) is 60.7 Å². The van der Waals surface area contributed by atoms with Gasteiger partial charge in [0.25, 0.3) is 0 Å². The van der Waals surface area contributed by atoms with Gasteiger partial charge in [0.15, 0.2) is 0 Å². The highest BCUT2D eigenvalue weighted by molar-refractivity contribution is 5.82. The zero-order valence-corrected chi connectivity index (χ0v) is 28.5. The summed E-state index contributed by atoms with van der Waals surface area (Å²) in [6.07, 6.45) is 4.73. The number of likely N-dealkylation sites (N-methyl/N-ethyl adjacent to an activating group) is 3. The van der Waals surface area contributed by atoms with E-state index in [0.717, 1.165) is 45.6 Å². The molecule has 3 aromatic rings. The molecule has 4 rings (SSSR count). The third-order valence-corrected chi connectivity index (χ3v) is 9.72. The Bertz CT molecular complexity index is 1270. The van der Waals surface area contributed by atoms with Crippen molar-refractivity contribution in [2.24, 2.45) is 0 Å². The minimum atomic E-state index is 0.503. The first kappa shape index (κ1) is 33.6. The number of rotatable bonds is 15. The van der Waals surface area contributed by atoms with Gasteiger partial charge in [-0.05, 0) is 116 Å². The van der Waals surface area contributed by atoms with Gasteiger partial charge < -0.3 is 14.7 Å². The molecule has 1 saturated heterocycles. The molecule has 0 aromatic heterocycles. The molecule has 0 bridgehead atoms. The van der Waals surface area contributed by atoms with E-state index in [4.69, 9.17) is 0 Å². The van der Waals surface area contributed by atoms with E-state index in [-0.39, 0.29) is 0 Å². The fourth-order valence-electron chi connectivity index (χ4n) is 6.74. The summed E-state index contributed by atoms with van der Waals surface area (Å²) >= 11 is 0. The van der Waals surface area contributed by atoms with Gasteiger partial charge in [0, 0.05) is 57.4 Å². The van der Waals surface area contributed by atoms with Gasteiger partial charge in [-0.15, -0.1) is 0 Å². The highest BCUT2D eigenvalue weighted by Crippen LogP contribution is 2.23. The first-order chi connectivity index (χ1) is 20.6. The van der Waals surface area contributed by atoms with Crippen molar-refractivity contribution in [2.75, 3.05) is 81.1 Å². The molecule has 5 nitrogen and oxygen atoms in total. The molecular weight excluding hydrogens is 526 g/mol. The summed E-state index contributed by atoms with van der Waals surface area (Å²) in [5.41, 5.74) is 5.72. The average molecular weight is 586 g/mol. The molecule has 1 heterocycles. The van der Waals surface area contributed by atoms with E-state index in [9.17, 15) is 0 Å². The van der Waals surface area contributed by atoms with Crippen LogP contribution in [0.2, 0.25) is 0 Å². The Morgan fingerprint density at radius 2 is 1.58 bits per heavy atom. The Balaban J connectivity index is 1.43. The fraction of sp³-hybridized carbons (Fsp3) is 0.579. The zero-order chi connectivity index (χ0) is 30.9. The third-order valence-electron chi connectivity index (χ3n) is 9.72. The summed E-state index contributed by atoms with van der Waals surface area (Å²) in [4.78, 5) is 12.9. The first-order valence-corrected chi connectivity index (χ1v) is 16.6. The summed E-state index contributed by atoms with van der Waals surface area (Å²) in [7, 11) is 11.2. The first-order valence-electron chi connectivity index (χ1n) is 16.6. The third kappa shape index (κ3) is 10.1. The summed E-state index contributed by atoms with van der Waals surface area (Å²) < 4.78 is 0. The quantitative estimate of drug-likeness (QED) is 0.223. The largest absolute Gasteiger partial charge is 0.308 e. The second-order valence-electron chi connectivity index (χ2n) is 13.9. The molecule has 43 heavy (non-hydrogen) atoms. The van der Waals surface area contributed by atoms with Crippen molar-refractivity contribution in [2.45, 2.75) is 64.6 Å². The van der Waals surface area contributed by atoms with Crippen molar-refractivity contribution in [1.29, 1.82) is 0 Å². The van der Waals surface area contributed by atoms with Crippen molar-refractivity contribution in [3.63, 3.8) is 0 Å². The Kier molecular flexibility index (Phi) is 12.6. The molecule has 0 saturated carbocycles. The Morgan fingerprint density at radius 1 is 0.814 bits per heavy atom. The number of nitrogens with zero attached hydrogens (tertiary/aromatic N) is 5. The number of aryl methyl sites for hydroxylation is 2. The van der Waals surface area contributed by atoms with Crippen LogP contribution >= 0.6 is 0 Å². The van der Waals surface area contributed by atoms with Crippen LogP contribution < -0.4 is 0 Å². The van der Waals surface area contributed by atoms with Crippen LogP contribution in [-0.4, -0.2) is 124 Å². The Hall–Kier alpha value is -2.28. The maximum Gasteiger partial charge on any atom is 0.0257 e. The lowest BCUT2D eigenvalue weighted by molar-refractivity contribution is 0.0166. The molecule has 0 amide bonds. The Labute approximate surface area is 263 Å². The van der Waals surface area contributed by atoms with Crippen LogP contribution in [0, 0.1) is 13.8 Å². The van der Waals surface area contributed by atoms with E-state index >= 15 is 0 Å². The molecule has 0 unspecified atom stereocenters. The van der Waals surface area contributed by atoms with Crippen molar-refractivity contribution in [1.82, 2.24) is 24.5 Å². The molecule has 0 spiro atoms. The van der Waals surface area contributed by atoms with E-state index in [1.807, 2.05) is 0 Å². The second kappa shape index (κ2) is 16.2. The molecule has 5 heteroatoms. The van der Waals surface area contributed by atoms with Gasteiger partial charge in [-0.3, -0.25) is 9.80 Å². The van der Waals surface area contributed by atoms with Crippen LogP contribution in [0.4, 0.5) is 0 Å². The molecule has 0 N–H and O–H groups in total. The predicted octanol–water partition coefficient (Wildman–Crippen LogP) is 5.82. The van der Waals surface area contributed by atoms with E-state index in [1.165, 1.54) is 59.0 Å². The SMILES string of the molecule is Cc1ccc(C[C@@H](CN2C[C@@H](C)N(CCc3ccc4ccccc4c3)C[C@@H]2CCCN(C)CCN(C)C)N(C)C)c(C)c1. The zero-order valence-electron chi connectivity index (χ0n) is 28.5. The predicted molar refractivity (Wildman–Crippen MR) is 186 cm³/mol. The van der Waals surface area contributed by atoms with Crippen molar-refractivity contribution < 1.29 is 0 Å². The standard InChI is InChI=1S/C38H59N5/c1-30-15-17-35(31(2)24-30)26-38(40(6)7)29-43-27-32(3)42(28-37(43)14-11-20-41(8)23-22-39(4)5)21-19-33-16-18-34-12-9-10-13-36(34)25-33/h9-10,12-13,15-18,24-25,32,37-38H,11,14,19-23,26-29H2,1-8H3/t32-,37+,38+/m1/s1. The van der Waals surface area contributed by atoms with E-state index in [2.05, 4.69) is 141 Å². The van der Waals surface area contributed by atoms with Crippen LogP contribution in [0.1, 0.15) is 42.0 Å². The number of fused-ring (bicyclic) bond motifs is 1. The number of piperazine rings is 1. The Morgan fingerprint density at radius 3 is 2.30 bits per heavy atom. The summed E-state index contributed by atoms with van der Waals surface area (Å²) in [6, 6.07) is 24.4. The van der Waals surface area contributed by atoms with E-state index in [0.29, 0.717) is 18.1 Å². The summed E-state index contributed by atoms with van der Waals surface area (Å²) in [5.74, 6) is 0. The topological polar surface area (TPSA) is 16.2 Å². The molecule has 1 fully saturated rings. The number of hydrogen-bond donors (Lipinski definition) is 0. The lowest BCUT2D eigenvalue weighted by Gasteiger charge is -2.47.